The zero-order valence-electron chi connectivity index (χ0n) is 53.8. The van der Waals surface area contributed by atoms with Crippen LogP contribution in [0.5, 0.6) is 0 Å². The Morgan fingerprint density at radius 1 is 0.727 bits per heavy atom. The lowest BCUT2D eigenvalue weighted by Crippen LogP contribution is -2.60. The zero-order valence-corrected chi connectivity index (χ0v) is 53.8. The van der Waals surface area contributed by atoms with E-state index in [9.17, 15) is 48.3 Å². The van der Waals surface area contributed by atoms with E-state index in [0.717, 1.165) is 5.56 Å². The molecule has 1 heterocycles. The molecule has 0 aromatic heterocycles. The largest absolute Gasteiger partial charge is 0.480 e. The number of aliphatic carboxylic acids is 1. The normalized spacial score (nSPS) is 16.6. The number of likely N-dealkylation sites (tertiary alicyclic amines) is 1. The van der Waals surface area contributed by atoms with E-state index >= 15 is 0 Å². The van der Waals surface area contributed by atoms with Crippen LogP contribution in [0.2, 0.25) is 0 Å². The highest BCUT2D eigenvalue weighted by Gasteiger charge is 2.44. The summed E-state index contributed by atoms with van der Waals surface area (Å²) in [4.78, 5) is 131. The highest BCUT2D eigenvalue weighted by atomic mass is 16.6. The number of likely N-dealkylation sites (N-methyl/N-ethyl adjacent to an activating group) is 2. The van der Waals surface area contributed by atoms with Crippen molar-refractivity contribution in [3.63, 3.8) is 0 Å². The average molecular weight is 1240 g/mol. The molecule has 0 spiro atoms. The topological polar surface area (TPSA) is 354 Å². The van der Waals surface area contributed by atoms with Gasteiger partial charge in [0.15, 0.2) is 0 Å². The second-order valence-electron chi connectivity index (χ2n) is 23.6. The van der Waals surface area contributed by atoms with Crippen molar-refractivity contribution in [3.8, 4) is 0 Å². The second kappa shape index (κ2) is 38.4. The molecule has 0 bridgehead atoms. The van der Waals surface area contributed by atoms with E-state index < -0.39 is 120 Å². The van der Waals surface area contributed by atoms with Gasteiger partial charge in [0, 0.05) is 60.1 Å². The van der Waals surface area contributed by atoms with Crippen LogP contribution in [0.15, 0.2) is 54.6 Å². The molecule has 88 heavy (non-hydrogen) atoms. The van der Waals surface area contributed by atoms with E-state index in [1.165, 1.54) is 31.1 Å². The van der Waals surface area contributed by atoms with Gasteiger partial charge in [0.05, 0.1) is 62.5 Å². The van der Waals surface area contributed by atoms with Gasteiger partial charge in [0.2, 0.25) is 35.4 Å². The van der Waals surface area contributed by atoms with Crippen molar-refractivity contribution < 1.29 is 72.0 Å². The standard InChI is InChI=1S/C62H101N11O15/c1-14-40(8)53(48(84-12)35-49(74)73-30-19-23-47(73)54(85-13)41(9)55(75)69-46(60(80)81)34-42-20-16-15-17-21-42)71(10)59(79)51(38(4)5)70-58(78)52(39(6)7)72(11)62(83)87-36-43-24-26-44(27-25-43)67-56(76)45(22-18-28-66-61(63)82)68-57(77)50(37(2)3)65-29-31-86-32-33-88-64/h15-17,20-21,24-27,37-41,45-48,50-54,65H,14,18-19,22-23,28-36,64H2,1-13H3,(H,67,76)(H,68,77)(H,69,75)(H,70,78)(H,80,81)(H3,63,66,82)/t40-,41+,45-,46-,47-,48+,50-,51-,52-,53-,54+/m0/s1. The molecular formula is C62H101N11O15. The second-order valence-corrected chi connectivity index (χ2v) is 23.6. The number of nitrogens with one attached hydrogen (secondary N) is 6. The molecular weight excluding hydrogens is 1140 g/mol. The van der Waals surface area contributed by atoms with Crippen LogP contribution in [0, 0.1) is 29.6 Å². The molecule has 1 saturated heterocycles. The van der Waals surface area contributed by atoms with Crippen LogP contribution in [0.3, 0.4) is 0 Å². The van der Waals surface area contributed by atoms with Crippen LogP contribution in [0.4, 0.5) is 15.3 Å². The van der Waals surface area contributed by atoms with E-state index in [-0.39, 0.29) is 63.4 Å². The maximum atomic E-state index is 14.8. The Morgan fingerprint density at radius 3 is 1.94 bits per heavy atom. The summed E-state index contributed by atoms with van der Waals surface area (Å²) in [6.07, 6.45) is -0.145. The number of methoxy groups -OCH3 is 2. The summed E-state index contributed by atoms with van der Waals surface area (Å²) >= 11 is 0. The quantitative estimate of drug-likeness (QED) is 0.0341. The Kier molecular flexibility index (Phi) is 32.9. The first-order valence-corrected chi connectivity index (χ1v) is 30.5. The fourth-order valence-corrected chi connectivity index (χ4v) is 11.0. The summed E-state index contributed by atoms with van der Waals surface area (Å²) in [6.45, 7) is 17.9. The third-order valence-electron chi connectivity index (χ3n) is 16.1. The van der Waals surface area contributed by atoms with Gasteiger partial charge in [-0.1, -0.05) is 111 Å². The summed E-state index contributed by atoms with van der Waals surface area (Å²) in [7, 11) is 6.00. The van der Waals surface area contributed by atoms with Gasteiger partial charge < -0.3 is 76.3 Å². The number of anilines is 1. The summed E-state index contributed by atoms with van der Waals surface area (Å²) in [5.41, 5.74) is 6.92. The molecule has 1 fully saturated rings. The summed E-state index contributed by atoms with van der Waals surface area (Å²) < 4.78 is 23.1. The summed E-state index contributed by atoms with van der Waals surface area (Å²) in [5.74, 6) is -0.901. The average Bonchev–Trinajstić information content (AvgIpc) is 2.72. The smallest absolute Gasteiger partial charge is 0.410 e. The maximum absolute atomic E-state index is 14.8. The Bertz CT molecular complexity index is 2530. The monoisotopic (exact) mass is 1240 g/mol. The molecule has 494 valence electrons. The number of nitrogens with zero attached hydrogens (tertiary/aromatic N) is 3. The highest BCUT2D eigenvalue weighted by Crippen LogP contribution is 2.30. The van der Waals surface area contributed by atoms with Crippen molar-refractivity contribution in [1.29, 1.82) is 0 Å². The molecule has 3 rings (SSSR count). The number of rotatable bonds is 39. The number of carboxylic acids is 1. The van der Waals surface area contributed by atoms with Crippen LogP contribution >= 0.6 is 0 Å². The van der Waals surface area contributed by atoms with Crippen molar-refractivity contribution in [2.24, 2.45) is 41.2 Å². The molecule has 11 N–H and O–H groups in total. The van der Waals surface area contributed by atoms with Crippen molar-refractivity contribution in [2.75, 3.05) is 73.1 Å². The van der Waals surface area contributed by atoms with E-state index in [1.807, 2.05) is 33.8 Å². The fourth-order valence-electron chi connectivity index (χ4n) is 11.0. The lowest BCUT2D eigenvalue weighted by atomic mass is 9.89. The fraction of sp³-hybridized carbons (Fsp3) is 0.661. The minimum Gasteiger partial charge on any atom is -0.480 e. The minimum absolute atomic E-state index is 0.0827. The number of carbonyl (C=O) groups excluding carboxylic acids is 8. The van der Waals surface area contributed by atoms with Crippen molar-refractivity contribution in [3.05, 3.63) is 65.7 Å². The number of primary amides is 1. The first-order valence-electron chi connectivity index (χ1n) is 30.5. The minimum atomic E-state index is -1.19. The zero-order chi connectivity index (χ0) is 65.8. The molecule has 26 nitrogen and oxygen atoms in total. The number of hydrogen-bond acceptors (Lipinski definition) is 16. The SMILES string of the molecule is CC[C@H](C)[C@@H]([C@@H](CC(=O)N1CCC[C@H]1[C@H](OC)[C@@H](C)C(=O)N[C@@H](Cc1ccccc1)C(=O)O)OC)N(C)C(=O)[C@@H](NC(=O)[C@H](C(C)C)N(C)C(=O)OCc1ccc(NC(=O)[C@H](CCCNC(N)=O)NC(=O)[C@@H](NCCOCCON)C(C)C)cc1)C(C)C. The summed E-state index contributed by atoms with van der Waals surface area (Å²) in [5, 5.41) is 26.9. The van der Waals surface area contributed by atoms with Gasteiger partial charge in [-0.05, 0) is 72.6 Å². The molecule has 2 aromatic carbocycles. The molecule has 26 heteroatoms. The van der Waals surface area contributed by atoms with Crippen LogP contribution < -0.4 is 43.5 Å². The molecule has 11 atom stereocenters. The van der Waals surface area contributed by atoms with Gasteiger partial charge in [-0.2, -0.15) is 0 Å². The van der Waals surface area contributed by atoms with Crippen molar-refractivity contribution in [2.45, 2.75) is 168 Å². The Labute approximate surface area is 519 Å². The molecule has 2 aromatic rings. The first-order chi connectivity index (χ1) is 41.7. The molecule has 9 amide bonds. The number of ether oxygens (including phenoxy) is 4. The number of urea groups is 1. The lowest BCUT2D eigenvalue weighted by Gasteiger charge is -2.41. The Balaban J connectivity index is 1.70. The lowest BCUT2D eigenvalue weighted by molar-refractivity contribution is -0.148. The predicted octanol–water partition coefficient (Wildman–Crippen LogP) is 3.55. The van der Waals surface area contributed by atoms with Gasteiger partial charge in [-0.25, -0.2) is 20.3 Å². The van der Waals surface area contributed by atoms with E-state index in [1.54, 1.807) is 95.1 Å². The maximum Gasteiger partial charge on any atom is 0.410 e. The predicted molar refractivity (Wildman–Crippen MR) is 331 cm³/mol. The molecule has 0 saturated carbocycles. The third kappa shape index (κ3) is 23.5. The highest BCUT2D eigenvalue weighted by molar-refractivity contribution is 5.98. The van der Waals surface area contributed by atoms with Crippen LogP contribution in [-0.4, -0.2) is 196 Å². The molecule has 0 aliphatic carbocycles. The molecule has 0 unspecified atom stereocenters. The van der Waals surface area contributed by atoms with E-state index in [4.69, 9.17) is 30.6 Å². The van der Waals surface area contributed by atoms with Gasteiger partial charge in [-0.3, -0.25) is 33.7 Å². The van der Waals surface area contributed by atoms with E-state index in [2.05, 4.69) is 36.7 Å². The van der Waals surface area contributed by atoms with Crippen molar-refractivity contribution >= 4 is 59.2 Å². The van der Waals surface area contributed by atoms with Crippen LogP contribution in [-0.2, 0) is 70.4 Å². The van der Waals surface area contributed by atoms with Crippen LogP contribution in [0.25, 0.3) is 0 Å². The van der Waals surface area contributed by atoms with Gasteiger partial charge in [0.25, 0.3) is 0 Å². The number of carbonyl (C=O) groups is 9. The Morgan fingerprint density at radius 2 is 1.38 bits per heavy atom. The number of hydrogen-bond donors (Lipinski definition) is 9. The molecule has 0 radical (unpaired) electrons. The Hall–Kier alpha value is -6.97. The van der Waals surface area contributed by atoms with Gasteiger partial charge in [-0.15, -0.1) is 0 Å². The number of nitrogens with two attached hydrogens (primary N) is 2. The van der Waals surface area contributed by atoms with Gasteiger partial charge in [0.1, 0.15) is 30.8 Å². The first kappa shape index (κ1) is 75.3. The number of amides is 9. The van der Waals surface area contributed by atoms with Crippen LogP contribution in [0.1, 0.15) is 112 Å². The number of benzene rings is 2. The molecule has 1 aliphatic rings. The molecule has 1 aliphatic heterocycles. The number of carboxylic acid groups (broad SMARTS) is 1. The van der Waals surface area contributed by atoms with Crippen molar-refractivity contribution in [1.82, 2.24) is 41.3 Å². The third-order valence-corrected chi connectivity index (χ3v) is 16.1. The van der Waals surface area contributed by atoms with E-state index in [0.29, 0.717) is 56.6 Å². The summed E-state index contributed by atoms with van der Waals surface area (Å²) in [6, 6.07) is 8.64. The van der Waals surface area contributed by atoms with Gasteiger partial charge >= 0.3 is 18.1 Å².